The summed E-state index contributed by atoms with van der Waals surface area (Å²) in [6.45, 7) is 3.71. The molecule has 1 radical (unpaired) electrons. The maximum atomic E-state index is 9.52. The van der Waals surface area contributed by atoms with E-state index in [9.17, 15) is 19.8 Å². The van der Waals surface area contributed by atoms with Crippen molar-refractivity contribution in [1.82, 2.24) is 0 Å². The van der Waals surface area contributed by atoms with Gasteiger partial charge in [0.25, 0.3) is 0 Å². The molecule has 0 bridgehead atoms. The summed E-state index contributed by atoms with van der Waals surface area (Å²) < 4.78 is 8.87. The Morgan fingerprint density at radius 2 is 1.20 bits per heavy atom. The third kappa shape index (κ3) is 31.8. The summed E-state index contributed by atoms with van der Waals surface area (Å²) in [5, 5.41) is 19.0. The van der Waals surface area contributed by atoms with Crippen molar-refractivity contribution in [2.45, 2.75) is 13.8 Å². The van der Waals surface area contributed by atoms with Gasteiger partial charge in [-0.05, 0) is 13.8 Å². The van der Waals surface area contributed by atoms with E-state index in [1.54, 1.807) is 13.8 Å². The van der Waals surface area contributed by atoms with Crippen LogP contribution in [0.15, 0.2) is 0 Å². The molecular formula is C8H14CuO6. The van der Waals surface area contributed by atoms with Crippen LogP contribution in [0.4, 0.5) is 0 Å². The smallest absolute Gasteiger partial charge is 0.548 e. The maximum absolute atomic E-state index is 9.52. The maximum Gasteiger partial charge on any atom is 2.00 e. The molecule has 0 fully saturated rings. The van der Waals surface area contributed by atoms with Gasteiger partial charge in [-0.2, -0.15) is 0 Å². The second-order valence-corrected chi connectivity index (χ2v) is 2.02. The van der Waals surface area contributed by atoms with Crippen molar-refractivity contribution in [1.29, 1.82) is 0 Å². The van der Waals surface area contributed by atoms with Crippen molar-refractivity contribution in [3.8, 4) is 0 Å². The Morgan fingerprint density at radius 3 is 1.27 bits per heavy atom. The van der Waals surface area contributed by atoms with Crippen molar-refractivity contribution < 1.29 is 46.3 Å². The molecule has 0 amide bonds. The van der Waals surface area contributed by atoms with Crippen LogP contribution in [0.3, 0.4) is 0 Å². The van der Waals surface area contributed by atoms with Gasteiger partial charge in [0.1, 0.15) is 0 Å². The Morgan fingerprint density at radius 1 is 0.933 bits per heavy atom. The van der Waals surface area contributed by atoms with Crippen LogP contribution in [-0.4, -0.2) is 38.4 Å². The van der Waals surface area contributed by atoms with Crippen molar-refractivity contribution in [3.05, 3.63) is 0 Å². The fourth-order valence-electron chi connectivity index (χ4n) is 0.371. The van der Waals surface area contributed by atoms with Crippen LogP contribution >= 0.6 is 0 Å². The predicted octanol–water partition coefficient (Wildman–Crippen LogP) is -2.46. The number of rotatable bonds is 6. The molecule has 6 nitrogen and oxygen atoms in total. The fourth-order valence-corrected chi connectivity index (χ4v) is 0.371. The minimum atomic E-state index is -1.16. The molecule has 0 aromatic carbocycles. The second kappa shape index (κ2) is 15.8. The zero-order valence-corrected chi connectivity index (χ0v) is 9.52. The number of hydrogen-bond acceptors (Lipinski definition) is 6. The number of carboxylic acid groups (broad SMARTS) is 2. The summed E-state index contributed by atoms with van der Waals surface area (Å²) in [5.74, 6) is -2.33. The molecule has 0 atom stereocenters. The average Bonchev–Trinajstić information content (AvgIpc) is 2.12. The van der Waals surface area contributed by atoms with E-state index in [1.807, 2.05) is 0 Å². The number of ether oxygens (including phenoxy) is 2. The molecule has 0 aliphatic rings. The summed E-state index contributed by atoms with van der Waals surface area (Å²) in [6, 6.07) is 0. The average molecular weight is 270 g/mol. The first-order valence-electron chi connectivity index (χ1n) is 4.09. The van der Waals surface area contributed by atoms with Crippen molar-refractivity contribution >= 4 is 11.9 Å². The van der Waals surface area contributed by atoms with Crippen LogP contribution in [0.25, 0.3) is 0 Å². The summed E-state index contributed by atoms with van der Waals surface area (Å²) in [5.41, 5.74) is 0. The number of carboxylic acids is 2. The molecule has 0 saturated heterocycles. The summed E-state index contributed by atoms with van der Waals surface area (Å²) in [4.78, 5) is 19.0. The molecule has 93 valence electrons. The minimum absolute atomic E-state index is 0. The third-order valence-electron chi connectivity index (χ3n) is 0.848. The van der Waals surface area contributed by atoms with E-state index < -0.39 is 11.9 Å². The Kier molecular flexibility index (Phi) is 21.0. The summed E-state index contributed by atoms with van der Waals surface area (Å²) in [7, 11) is 0. The zero-order chi connectivity index (χ0) is 11.4. The van der Waals surface area contributed by atoms with E-state index in [-0.39, 0.29) is 30.3 Å². The molecule has 0 aliphatic heterocycles. The van der Waals surface area contributed by atoms with E-state index in [0.29, 0.717) is 13.2 Å². The van der Waals surface area contributed by atoms with Crippen LogP contribution in [0.2, 0.25) is 0 Å². The quantitative estimate of drug-likeness (QED) is 0.496. The standard InChI is InChI=1S/2C4H8O3.Cu/c2*1-2-7-3-4(5)6;/h2*2-3H2,1H3,(H,5,6);/q;;+2/p-2. The van der Waals surface area contributed by atoms with Crippen molar-refractivity contribution in [3.63, 3.8) is 0 Å². The first-order valence-corrected chi connectivity index (χ1v) is 4.09. The van der Waals surface area contributed by atoms with Crippen molar-refractivity contribution in [2.24, 2.45) is 0 Å². The van der Waals surface area contributed by atoms with Gasteiger partial charge in [0.15, 0.2) is 0 Å². The van der Waals surface area contributed by atoms with E-state index >= 15 is 0 Å². The van der Waals surface area contributed by atoms with E-state index in [0.717, 1.165) is 0 Å². The number of hydrogen-bond donors (Lipinski definition) is 0. The Hall–Kier alpha value is -0.621. The molecule has 0 aromatic heterocycles. The fraction of sp³-hybridized carbons (Fsp3) is 0.750. The van der Waals surface area contributed by atoms with Crippen LogP contribution in [0.5, 0.6) is 0 Å². The van der Waals surface area contributed by atoms with Gasteiger partial charge >= 0.3 is 17.1 Å². The zero-order valence-electron chi connectivity index (χ0n) is 8.58. The molecule has 0 saturated carbocycles. The first-order chi connectivity index (χ1) is 6.54. The van der Waals surface area contributed by atoms with E-state index in [4.69, 9.17) is 0 Å². The summed E-state index contributed by atoms with van der Waals surface area (Å²) >= 11 is 0. The van der Waals surface area contributed by atoms with E-state index in [1.165, 1.54) is 0 Å². The van der Waals surface area contributed by atoms with Gasteiger partial charge in [-0.25, -0.2) is 0 Å². The Bertz CT molecular complexity index is 143. The van der Waals surface area contributed by atoms with Gasteiger partial charge in [-0.1, -0.05) is 0 Å². The number of carbonyl (C=O) groups excluding carboxylic acids is 2. The molecule has 0 aromatic rings. The monoisotopic (exact) mass is 269 g/mol. The van der Waals surface area contributed by atoms with Gasteiger partial charge in [-0.3, -0.25) is 0 Å². The van der Waals surface area contributed by atoms with Crippen LogP contribution < -0.4 is 10.2 Å². The van der Waals surface area contributed by atoms with Crippen LogP contribution in [0, 0.1) is 0 Å². The van der Waals surface area contributed by atoms with Crippen molar-refractivity contribution in [2.75, 3.05) is 26.4 Å². The predicted molar refractivity (Wildman–Crippen MR) is 43.0 cm³/mol. The molecule has 0 rings (SSSR count). The number of carbonyl (C=O) groups is 2. The Balaban J connectivity index is -0.000000180. The summed E-state index contributed by atoms with van der Waals surface area (Å²) in [6.07, 6.45) is 0. The second-order valence-electron chi connectivity index (χ2n) is 2.02. The normalized spacial score (nSPS) is 8.13. The van der Waals surface area contributed by atoms with E-state index in [2.05, 4.69) is 9.47 Å². The first kappa shape index (κ1) is 19.9. The van der Waals surface area contributed by atoms with Gasteiger partial charge in [-0.15, -0.1) is 0 Å². The Labute approximate surface area is 99.0 Å². The third-order valence-corrected chi connectivity index (χ3v) is 0.848. The molecule has 7 heteroatoms. The molecule has 0 aliphatic carbocycles. The topological polar surface area (TPSA) is 98.7 Å². The largest absolute Gasteiger partial charge is 2.00 e. The molecule has 0 spiro atoms. The molecule has 0 heterocycles. The molecule has 0 N–H and O–H groups in total. The van der Waals surface area contributed by atoms with Gasteiger partial charge in [0.2, 0.25) is 0 Å². The van der Waals surface area contributed by atoms with Gasteiger partial charge < -0.3 is 29.3 Å². The van der Waals surface area contributed by atoms with Gasteiger partial charge in [0, 0.05) is 13.2 Å². The minimum Gasteiger partial charge on any atom is -0.548 e. The van der Waals surface area contributed by atoms with Crippen LogP contribution in [-0.2, 0) is 36.1 Å². The SMILES string of the molecule is CCOCC(=O)[O-].CCOCC(=O)[O-].[Cu+2]. The molecular weight excluding hydrogens is 256 g/mol. The van der Waals surface area contributed by atoms with Gasteiger partial charge in [0.05, 0.1) is 25.2 Å². The number of aliphatic carboxylic acids is 2. The molecule has 15 heavy (non-hydrogen) atoms. The van der Waals surface area contributed by atoms with Crippen LogP contribution in [0.1, 0.15) is 13.8 Å². The molecule has 0 unspecified atom stereocenters.